The Hall–Kier alpha value is -1.28. The molecule has 0 fully saturated rings. The SMILES string of the molecule is CCc1cnc(CNS(=O)(=O)c2cccc(C(C)O)c2)s1. The van der Waals surface area contributed by atoms with Crippen molar-refractivity contribution in [3.05, 3.63) is 45.9 Å². The van der Waals surface area contributed by atoms with E-state index in [1.54, 1.807) is 25.3 Å². The van der Waals surface area contributed by atoms with Crippen LogP contribution >= 0.6 is 11.3 Å². The molecule has 7 heteroatoms. The number of aliphatic hydroxyl groups excluding tert-OH is 1. The molecule has 114 valence electrons. The van der Waals surface area contributed by atoms with Crippen molar-refractivity contribution in [1.82, 2.24) is 9.71 Å². The largest absolute Gasteiger partial charge is 0.389 e. The van der Waals surface area contributed by atoms with E-state index in [2.05, 4.69) is 9.71 Å². The number of aliphatic hydroxyl groups is 1. The molecule has 2 rings (SSSR count). The maximum atomic E-state index is 12.2. The minimum Gasteiger partial charge on any atom is -0.389 e. The van der Waals surface area contributed by atoms with Crippen LogP contribution in [0.5, 0.6) is 0 Å². The van der Waals surface area contributed by atoms with Gasteiger partial charge in [0.1, 0.15) is 5.01 Å². The predicted molar refractivity (Wildman–Crippen MR) is 82.6 cm³/mol. The summed E-state index contributed by atoms with van der Waals surface area (Å²) in [5, 5.41) is 10.3. The van der Waals surface area contributed by atoms with Gasteiger partial charge in [-0.1, -0.05) is 19.1 Å². The topological polar surface area (TPSA) is 79.3 Å². The van der Waals surface area contributed by atoms with Gasteiger partial charge < -0.3 is 5.11 Å². The first-order valence-corrected chi connectivity index (χ1v) is 8.93. The zero-order chi connectivity index (χ0) is 15.5. The first kappa shape index (κ1) is 16.1. The Morgan fingerprint density at radius 2 is 2.19 bits per heavy atom. The highest BCUT2D eigenvalue weighted by Gasteiger charge is 2.16. The van der Waals surface area contributed by atoms with Crippen LogP contribution in [0.25, 0.3) is 0 Å². The quantitative estimate of drug-likeness (QED) is 0.853. The van der Waals surface area contributed by atoms with Crippen LogP contribution in [0, 0.1) is 0 Å². The van der Waals surface area contributed by atoms with Gasteiger partial charge in [-0.3, -0.25) is 0 Å². The Morgan fingerprint density at radius 3 is 2.81 bits per heavy atom. The number of aryl methyl sites for hydroxylation is 1. The fourth-order valence-electron chi connectivity index (χ4n) is 1.77. The zero-order valence-corrected chi connectivity index (χ0v) is 13.5. The van der Waals surface area contributed by atoms with Gasteiger partial charge in [-0.05, 0) is 31.0 Å². The van der Waals surface area contributed by atoms with Crippen molar-refractivity contribution in [2.45, 2.75) is 37.8 Å². The number of nitrogens with one attached hydrogen (secondary N) is 1. The highest BCUT2D eigenvalue weighted by atomic mass is 32.2. The molecule has 1 unspecified atom stereocenters. The number of sulfonamides is 1. The molecule has 0 saturated carbocycles. The third-order valence-electron chi connectivity index (χ3n) is 3.01. The number of benzene rings is 1. The second kappa shape index (κ2) is 6.65. The number of rotatable bonds is 6. The van der Waals surface area contributed by atoms with Crippen LogP contribution in [0.4, 0.5) is 0 Å². The van der Waals surface area contributed by atoms with E-state index in [9.17, 15) is 13.5 Å². The summed E-state index contributed by atoms with van der Waals surface area (Å²) in [5.41, 5.74) is 0.570. The Kier molecular flexibility index (Phi) is 5.10. The highest BCUT2D eigenvalue weighted by Crippen LogP contribution is 2.18. The molecule has 0 radical (unpaired) electrons. The lowest BCUT2D eigenvalue weighted by atomic mass is 10.1. The summed E-state index contributed by atoms with van der Waals surface area (Å²) in [6.07, 6.45) is 1.95. The normalized spacial score (nSPS) is 13.3. The first-order valence-electron chi connectivity index (χ1n) is 6.63. The van der Waals surface area contributed by atoms with Crippen molar-refractivity contribution in [3.8, 4) is 0 Å². The molecule has 1 aromatic carbocycles. The zero-order valence-electron chi connectivity index (χ0n) is 11.9. The van der Waals surface area contributed by atoms with Crippen LogP contribution < -0.4 is 4.72 Å². The molecular formula is C14H18N2O3S2. The number of hydrogen-bond acceptors (Lipinski definition) is 5. The summed E-state index contributed by atoms with van der Waals surface area (Å²) in [4.78, 5) is 5.45. The molecular weight excluding hydrogens is 308 g/mol. The van der Waals surface area contributed by atoms with E-state index < -0.39 is 16.1 Å². The van der Waals surface area contributed by atoms with Crippen molar-refractivity contribution in [1.29, 1.82) is 0 Å². The summed E-state index contributed by atoms with van der Waals surface area (Å²) in [7, 11) is -3.61. The van der Waals surface area contributed by atoms with Gasteiger partial charge in [0.15, 0.2) is 0 Å². The summed E-state index contributed by atoms with van der Waals surface area (Å²) >= 11 is 1.50. The molecule has 0 aliphatic heterocycles. The van der Waals surface area contributed by atoms with Crippen molar-refractivity contribution in [3.63, 3.8) is 0 Å². The second-order valence-electron chi connectivity index (χ2n) is 4.65. The first-order chi connectivity index (χ1) is 9.92. The van der Waals surface area contributed by atoms with Crippen LogP contribution in [-0.2, 0) is 23.0 Å². The smallest absolute Gasteiger partial charge is 0.240 e. The van der Waals surface area contributed by atoms with Crippen LogP contribution in [0.1, 0.15) is 35.4 Å². The van der Waals surface area contributed by atoms with E-state index in [1.807, 2.05) is 6.92 Å². The summed E-state index contributed by atoms with van der Waals surface area (Å²) in [6.45, 7) is 3.80. The Bertz CT molecular complexity index is 709. The van der Waals surface area contributed by atoms with E-state index in [1.165, 1.54) is 23.5 Å². The van der Waals surface area contributed by atoms with E-state index in [0.717, 1.165) is 16.3 Å². The third-order valence-corrected chi connectivity index (χ3v) is 5.55. The Morgan fingerprint density at radius 1 is 1.43 bits per heavy atom. The lowest BCUT2D eigenvalue weighted by molar-refractivity contribution is 0.199. The molecule has 2 aromatic rings. The van der Waals surface area contributed by atoms with Crippen molar-refractivity contribution in [2.75, 3.05) is 0 Å². The van der Waals surface area contributed by atoms with E-state index in [-0.39, 0.29) is 11.4 Å². The monoisotopic (exact) mass is 326 g/mol. The highest BCUT2D eigenvalue weighted by molar-refractivity contribution is 7.89. The van der Waals surface area contributed by atoms with Gasteiger partial charge in [0.25, 0.3) is 0 Å². The molecule has 21 heavy (non-hydrogen) atoms. The van der Waals surface area contributed by atoms with Gasteiger partial charge in [-0.15, -0.1) is 11.3 Å². The van der Waals surface area contributed by atoms with Crippen molar-refractivity contribution < 1.29 is 13.5 Å². The lowest BCUT2D eigenvalue weighted by Crippen LogP contribution is -2.23. The number of hydrogen-bond donors (Lipinski definition) is 2. The molecule has 1 atom stereocenters. The number of nitrogens with zero attached hydrogens (tertiary/aromatic N) is 1. The van der Waals surface area contributed by atoms with Gasteiger partial charge >= 0.3 is 0 Å². The summed E-state index contributed by atoms with van der Waals surface area (Å²) in [5.74, 6) is 0. The van der Waals surface area contributed by atoms with Crippen LogP contribution in [-0.4, -0.2) is 18.5 Å². The minimum absolute atomic E-state index is 0.146. The molecule has 0 amide bonds. The molecule has 1 aromatic heterocycles. The van der Waals surface area contributed by atoms with Gasteiger partial charge in [-0.2, -0.15) is 0 Å². The van der Waals surface area contributed by atoms with Crippen LogP contribution in [0.15, 0.2) is 35.4 Å². The van der Waals surface area contributed by atoms with Gasteiger partial charge in [0, 0.05) is 11.1 Å². The average molecular weight is 326 g/mol. The standard InChI is InChI=1S/C14H18N2O3S2/c1-3-12-8-15-14(20-12)9-16-21(18,19)13-6-4-5-11(7-13)10(2)17/h4-8,10,16-17H,3,9H2,1-2H3. The maximum Gasteiger partial charge on any atom is 0.240 e. The van der Waals surface area contributed by atoms with Crippen molar-refractivity contribution in [2.24, 2.45) is 0 Å². The van der Waals surface area contributed by atoms with Crippen LogP contribution in [0.2, 0.25) is 0 Å². The van der Waals surface area contributed by atoms with E-state index in [0.29, 0.717) is 5.56 Å². The number of thiazole rings is 1. The molecule has 2 N–H and O–H groups in total. The Labute approximate surface area is 128 Å². The molecule has 1 heterocycles. The third kappa shape index (κ3) is 4.10. The molecule has 0 aliphatic rings. The van der Waals surface area contributed by atoms with Gasteiger partial charge in [0.05, 0.1) is 17.5 Å². The van der Waals surface area contributed by atoms with E-state index >= 15 is 0 Å². The molecule has 0 saturated heterocycles. The molecule has 0 spiro atoms. The van der Waals surface area contributed by atoms with Crippen LogP contribution in [0.3, 0.4) is 0 Å². The van der Waals surface area contributed by atoms with E-state index in [4.69, 9.17) is 0 Å². The van der Waals surface area contributed by atoms with Gasteiger partial charge in [-0.25, -0.2) is 18.1 Å². The lowest BCUT2D eigenvalue weighted by Gasteiger charge is -2.09. The van der Waals surface area contributed by atoms with Crippen molar-refractivity contribution >= 4 is 21.4 Å². The summed E-state index contributed by atoms with van der Waals surface area (Å²) in [6, 6.07) is 6.30. The second-order valence-corrected chi connectivity index (χ2v) is 7.61. The molecule has 0 aliphatic carbocycles. The maximum absolute atomic E-state index is 12.2. The fraction of sp³-hybridized carbons (Fsp3) is 0.357. The number of aromatic nitrogens is 1. The summed E-state index contributed by atoms with van der Waals surface area (Å²) < 4.78 is 27.0. The minimum atomic E-state index is -3.61. The fourth-order valence-corrected chi connectivity index (χ4v) is 3.71. The molecule has 5 nitrogen and oxygen atoms in total. The predicted octanol–water partition coefficient (Wildman–Crippen LogP) is 2.24. The van der Waals surface area contributed by atoms with Gasteiger partial charge in [0.2, 0.25) is 10.0 Å². The average Bonchev–Trinajstić information content (AvgIpc) is 2.93. The molecule has 0 bridgehead atoms. The Balaban J connectivity index is 2.12.